The van der Waals surface area contributed by atoms with Gasteiger partial charge in [0.2, 0.25) is 0 Å². The van der Waals surface area contributed by atoms with E-state index in [1.165, 1.54) is 7.11 Å². The maximum absolute atomic E-state index is 13.2. The summed E-state index contributed by atoms with van der Waals surface area (Å²) in [6, 6.07) is 14.3. The van der Waals surface area contributed by atoms with E-state index in [1.54, 1.807) is 31.3 Å². The van der Waals surface area contributed by atoms with Crippen LogP contribution in [0.2, 0.25) is 0 Å². The molecule has 1 aliphatic heterocycles. The van der Waals surface area contributed by atoms with Crippen LogP contribution in [-0.4, -0.2) is 61.5 Å². The number of ether oxygens (including phenoxy) is 3. The van der Waals surface area contributed by atoms with Crippen LogP contribution in [0.5, 0.6) is 5.75 Å². The Hall–Kier alpha value is -3.65. The van der Waals surface area contributed by atoms with Crippen LogP contribution in [0, 0.1) is 0 Å². The van der Waals surface area contributed by atoms with Crippen molar-refractivity contribution in [3.63, 3.8) is 0 Å². The van der Waals surface area contributed by atoms with Gasteiger partial charge >= 0.3 is 5.97 Å². The van der Waals surface area contributed by atoms with Gasteiger partial charge in [-0.1, -0.05) is 12.1 Å². The molecule has 0 aliphatic carbocycles. The summed E-state index contributed by atoms with van der Waals surface area (Å²) in [4.78, 5) is 26.7. The normalized spacial score (nSPS) is 15.1. The molecule has 160 valence electrons. The Morgan fingerprint density at radius 2 is 1.77 bits per heavy atom. The smallest absolute Gasteiger partial charge is 0.337 e. The average molecular weight is 421 g/mol. The van der Waals surface area contributed by atoms with E-state index in [4.69, 9.17) is 14.2 Å². The topological polar surface area (TPSA) is 93.8 Å². The summed E-state index contributed by atoms with van der Waals surface area (Å²) in [7, 11) is 4.56. The molecule has 0 bridgehead atoms. The van der Waals surface area contributed by atoms with Crippen LogP contribution in [0.4, 0.5) is 0 Å². The molecule has 1 aromatic heterocycles. The van der Waals surface area contributed by atoms with Crippen LogP contribution in [0.3, 0.4) is 0 Å². The first-order valence-electron chi connectivity index (χ1n) is 9.80. The first kappa shape index (κ1) is 20.6. The number of H-pyrrole nitrogens is 1. The van der Waals surface area contributed by atoms with Gasteiger partial charge in [-0.25, -0.2) is 4.79 Å². The van der Waals surface area contributed by atoms with Gasteiger partial charge in [0.15, 0.2) is 0 Å². The standard InChI is InChI=1S/C23H23N3O5/c1-29-13-12-26-21(15-4-6-16(7-5-15)23(28)31-3)18-19(24-25-20(18)22(26)27)14-8-10-17(30-2)11-9-14/h4-11,21H,12-13H2,1-3H3,(H,24,25). The molecule has 8 heteroatoms. The van der Waals surface area contributed by atoms with Gasteiger partial charge in [0, 0.05) is 24.8 Å². The average Bonchev–Trinajstić information content (AvgIpc) is 3.36. The molecular weight excluding hydrogens is 398 g/mol. The minimum Gasteiger partial charge on any atom is -0.497 e. The Balaban J connectivity index is 1.79. The van der Waals surface area contributed by atoms with Crippen LogP contribution in [0.15, 0.2) is 48.5 Å². The lowest BCUT2D eigenvalue weighted by Gasteiger charge is -2.26. The number of benzene rings is 2. The summed E-state index contributed by atoms with van der Waals surface area (Å²) in [6.45, 7) is 0.821. The zero-order valence-corrected chi connectivity index (χ0v) is 17.5. The maximum Gasteiger partial charge on any atom is 0.337 e. The van der Waals surface area contributed by atoms with Crippen molar-refractivity contribution in [1.82, 2.24) is 15.1 Å². The number of amides is 1. The number of fused-ring (bicyclic) bond motifs is 1. The van der Waals surface area contributed by atoms with E-state index >= 15 is 0 Å². The fourth-order valence-electron chi connectivity index (χ4n) is 3.85. The van der Waals surface area contributed by atoms with E-state index in [2.05, 4.69) is 10.2 Å². The van der Waals surface area contributed by atoms with E-state index in [0.717, 1.165) is 22.4 Å². The number of hydrogen-bond acceptors (Lipinski definition) is 6. The van der Waals surface area contributed by atoms with E-state index < -0.39 is 5.97 Å². The number of rotatable bonds is 7. The molecule has 0 radical (unpaired) electrons. The summed E-state index contributed by atoms with van der Waals surface area (Å²) in [5, 5.41) is 7.37. The fraction of sp³-hybridized carbons (Fsp3) is 0.261. The largest absolute Gasteiger partial charge is 0.497 e. The Labute approximate surface area is 179 Å². The molecule has 8 nitrogen and oxygen atoms in total. The van der Waals surface area contributed by atoms with Crippen LogP contribution < -0.4 is 4.74 Å². The second-order valence-electron chi connectivity index (χ2n) is 7.10. The monoisotopic (exact) mass is 421 g/mol. The van der Waals surface area contributed by atoms with Crippen molar-refractivity contribution in [3.05, 3.63) is 70.9 Å². The molecule has 2 aromatic carbocycles. The summed E-state index contributed by atoms with van der Waals surface area (Å²) < 4.78 is 15.3. The second kappa shape index (κ2) is 8.61. The van der Waals surface area contributed by atoms with Crippen molar-refractivity contribution in [2.75, 3.05) is 34.5 Å². The van der Waals surface area contributed by atoms with Gasteiger partial charge in [-0.2, -0.15) is 5.10 Å². The minimum atomic E-state index is -0.409. The molecule has 1 amide bonds. The van der Waals surface area contributed by atoms with Crippen LogP contribution in [0.1, 0.15) is 38.0 Å². The first-order valence-corrected chi connectivity index (χ1v) is 9.80. The predicted molar refractivity (Wildman–Crippen MR) is 113 cm³/mol. The lowest BCUT2D eigenvalue weighted by Crippen LogP contribution is -2.32. The number of methoxy groups -OCH3 is 3. The minimum absolute atomic E-state index is 0.138. The van der Waals surface area contributed by atoms with Crippen molar-refractivity contribution in [3.8, 4) is 17.0 Å². The molecule has 0 saturated heterocycles. The van der Waals surface area contributed by atoms with Gasteiger partial charge < -0.3 is 19.1 Å². The van der Waals surface area contributed by atoms with Crippen molar-refractivity contribution >= 4 is 11.9 Å². The number of carbonyl (C=O) groups is 2. The zero-order chi connectivity index (χ0) is 22.0. The van der Waals surface area contributed by atoms with Crippen molar-refractivity contribution < 1.29 is 23.8 Å². The van der Waals surface area contributed by atoms with Gasteiger partial charge in [0.1, 0.15) is 11.4 Å². The molecule has 1 unspecified atom stereocenters. The van der Waals surface area contributed by atoms with E-state index in [9.17, 15) is 9.59 Å². The molecule has 2 heterocycles. The van der Waals surface area contributed by atoms with Gasteiger partial charge in [-0.3, -0.25) is 9.89 Å². The van der Waals surface area contributed by atoms with Gasteiger partial charge in [0.25, 0.3) is 5.91 Å². The Bertz CT molecular complexity index is 1090. The number of carbonyl (C=O) groups excluding carboxylic acids is 2. The Morgan fingerprint density at radius 1 is 1.06 bits per heavy atom. The molecular formula is C23H23N3O5. The Morgan fingerprint density at radius 3 is 2.39 bits per heavy atom. The molecule has 31 heavy (non-hydrogen) atoms. The van der Waals surface area contributed by atoms with Gasteiger partial charge in [-0.15, -0.1) is 0 Å². The Kier molecular flexibility index (Phi) is 5.73. The van der Waals surface area contributed by atoms with Gasteiger partial charge in [-0.05, 0) is 42.0 Å². The van der Waals surface area contributed by atoms with Crippen LogP contribution in [-0.2, 0) is 9.47 Å². The molecule has 1 N–H and O–H groups in total. The van der Waals surface area contributed by atoms with E-state index in [-0.39, 0.29) is 11.9 Å². The molecule has 1 atom stereocenters. The highest BCUT2D eigenvalue weighted by atomic mass is 16.5. The highest BCUT2D eigenvalue weighted by molar-refractivity contribution is 6.00. The van der Waals surface area contributed by atoms with Gasteiger partial charge in [0.05, 0.1) is 38.1 Å². The highest BCUT2D eigenvalue weighted by Gasteiger charge is 2.41. The number of nitrogens with zero attached hydrogens (tertiary/aromatic N) is 2. The third-order valence-corrected chi connectivity index (χ3v) is 5.41. The van der Waals surface area contributed by atoms with E-state index in [1.807, 2.05) is 36.4 Å². The lowest BCUT2D eigenvalue weighted by atomic mass is 9.95. The van der Waals surface area contributed by atoms with E-state index in [0.29, 0.717) is 30.1 Å². The zero-order valence-electron chi connectivity index (χ0n) is 17.5. The lowest BCUT2D eigenvalue weighted by molar-refractivity contribution is 0.0599. The highest BCUT2D eigenvalue weighted by Crippen LogP contribution is 2.42. The quantitative estimate of drug-likeness (QED) is 0.590. The molecule has 1 aliphatic rings. The molecule has 0 fully saturated rings. The predicted octanol–water partition coefficient (Wildman–Crippen LogP) is 3.06. The summed E-state index contributed by atoms with van der Waals surface area (Å²) in [5.41, 5.74) is 4.15. The third kappa shape index (κ3) is 3.66. The first-order chi connectivity index (χ1) is 15.1. The van der Waals surface area contributed by atoms with Crippen molar-refractivity contribution in [1.29, 1.82) is 0 Å². The number of esters is 1. The molecule has 4 rings (SSSR count). The fourth-order valence-corrected chi connectivity index (χ4v) is 3.85. The number of hydrogen-bond donors (Lipinski definition) is 1. The number of aromatic amines is 1. The second-order valence-corrected chi connectivity index (χ2v) is 7.10. The van der Waals surface area contributed by atoms with Crippen LogP contribution >= 0.6 is 0 Å². The molecule has 0 saturated carbocycles. The SMILES string of the molecule is COCCN1C(=O)c2[nH]nc(-c3ccc(OC)cc3)c2C1c1ccc(C(=O)OC)cc1. The molecule has 3 aromatic rings. The maximum atomic E-state index is 13.2. The summed E-state index contributed by atoms with van der Waals surface area (Å²) in [6.07, 6.45) is 0. The summed E-state index contributed by atoms with van der Waals surface area (Å²) in [5.74, 6) is 0.193. The summed E-state index contributed by atoms with van der Waals surface area (Å²) >= 11 is 0. The van der Waals surface area contributed by atoms with Crippen molar-refractivity contribution in [2.45, 2.75) is 6.04 Å². The molecule has 0 spiro atoms. The van der Waals surface area contributed by atoms with Crippen molar-refractivity contribution in [2.24, 2.45) is 0 Å². The third-order valence-electron chi connectivity index (χ3n) is 5.41. The number of nitrogens with one attached hydrogen (secondary N) is 1. The number of aromatic nitrogens is 2. The van der Waals surface area contributed by atoms with Crippen LogP contribution in [0.25, 0.3) is 11.3 Å².